The average Bonchev–Trinajstić information content (AvgIpc) is 2.14. The van der Waals surface area contributed by atoms with E-state index in [1.807, 2.05) is 6.92 Å². The van der Waals surface area contributed by atoms with Crippen molar-refractivity contribution in [3.05, 3.63) is 0 Å². The fraction of sp³-hybridized carbons (Fsp3) is 1.00. The van der Waals surface area contributed by atoms with E-state index >= 15 is 0 Å². The summed E-state index contributed by atoms with van der Waals surface area (Å²) in [4.78, 5) is 0. The van der Waals surface area contributed by atoms with E-state index in [0.717, 1.165) is 0 Å². The first-order valence-corrected chi connectivity index (χ1v) is 4.91. The van der Waals surface area contributed by atoms with Gasteiger partial charge in [0.2, 0.25) is 0 Å². The quantitative estimate of drug-likeness (QED) is 0.771. The van der Waals surface area contributed by atoms with E-state index in [1.54, 1.807) is 0 Å². The van der Waals surface area contributed by atoms with E-state index in [0.29, 0.717) is 13.0 Å². The highest BCUT2D eigenvalue weighted by Gasteiger charge is 2.54. The number of hydrogen-bond acceptors (Lipinski definition) is 2. The van der Waals surface area contributed by atoms with Crippen LogP contribution in [-0.2, 0) is 4.74 Å². The average molecular weight is 211 g/mol. The number of hydrogen-bond donors (Lipinski definition) is 1. The molecule has 1 heterocycles. The lowest BCUT2D eigenvalue weighted by Gasteiger charge is -2.39. The molecule has 1 N–H and O–H groups in total. The van der Waals surface area contributed by atoms with Crippen molar-refractivity contribution < 1.29 is 17.9 Å². The Bertz CT molecular complexity index is 175. The lowest BCUT2D eigenvalue weighted by molar-refractivity contribution is -0.216. The summed E-state index contributed by atoms with van der Waals surface area (Å²) in [6, 6.07) is 0. The fourth-order valence-corrected chi connectivity index (χ4v) is 1.64. The van der Waals surface area contributed by atoms with E-state index < -0.39 is 11.7 Å². The highest BCUT2D eigenvalue weighted by atomic mass is 19.4. The molecule has 0 bridgehead atoms. The highest BCUT2D eigenvalue weighted by molar-refractivity contribution is 4.96. The molecule has 5 heteroatoms. The molecule has 0 aliphatic carbocycles. The summed E-state index contributed by atoms with van der Waals surface area (Å²) in [5.74, 6) is 0. The van der Waals surface area contributed by atoms with Gasteiger partial charge in [0.15, 0.2) is 0 Å². The molecular formula is C9H16F3NO. The molecule has 0 unspecified atom stereocenters. The second kappa shape index (κ2) is 4.49. The molecule has 0 aromatic carbocycles. The van der Waals surface area contributed by atoms with Crippen LogP contribution in [-0.4, -0.2) is 31.5 Å². The first kappa shape index (κ1) is 11.8. The number of nitrogens with one attached hydrogen (secondary N) is 1. The first-order valence-electron chi connectivity index (χ1n) is 4.91. The van der Waals surface area contributed by atoms with Gasteiger partial charge >= 0.3 is 6.18 Å². The molecule has 1 rings (SSSR count). The van der Waals surface area contributed by atoms with Crippen LogP contribution in [0.5, 0.6) is 0 Å². The van der Waals surface area contributed by atoms with Gasteiger partial charge in [0.25, 0.3) is 0 Å². The van der Waals surface area contributed by atoms with Gasteiger partial charge in [0, 0.05) is 13.2 Å². The third-order valence-electron chi connectivity index (χ3n) is 2.60. The summed E-state index contributed by atoms with van der Waals surface area (Å²) in [5, 5.41) is 2.62. The molecule has 0 aromatic heterocycles. The Morgan fingerprint density at radius 1 is 1.29 bits per heavy atom. The second-order valence-electron chi connectivity index (χ2n) is 3.62. The van der Waals surface area contributed by atoms with Crippen LogP contribution in [0.25, 0.3) is 0 Å². The van der Waals surface area contributed by atoms with Crippen LogP contribution in [0, 0.1) is 0 Å². The van der Waals surface area contributed by atoms with E-state index in [4.69, 9.17) is 4.74 Å². The maximum Gasteiger partial charge on any atom is 0.406 e. The van der Waals surface area contributed by atoms with Crippen LogP contribution in [0.4, 0.5) is 13.2 Å². The Kier molecular flexibility index (Phi) is 3.78. The minimum Gasteiger partial charge on any atom is -0.381 e. The molecule has 0 saturated carbocycles. The molecule has 1 aliphatic heterocycles. The number of halogens is 3. The van der Waals surface area contributed by atoms with Gasteiger partial charge in [-0.1, -0.05) is 6.92 Å². The van der Waals surface area contributed by atoms with Gasteiger partial charge in [-0.3, -0.25) is 0 Å². The monoisotopic (exact) mass is 211 g/mol. The molecule has 1 aliphatic rings. The molecule has 0 radical (unpaired) electrons. The maximum atomic E-state index is 12.8. The van der Waals surface area contributed by atoms with E-state index in [2.05, 4.69) is 5.32 Å². The Morgan fingerprint density at radius 3 is 2.29 bits per heavy atom. The van der Waals surface area contributed by atoms with Crippen LogP contribution >= 0.6 is 0 Å². The van der Waals surface area contributed by atoms with Crippen LogP contribution in [0.15, 0.2) is 0 Å². The maximum absolute atomic E-state index is 12.8. The van der Waals surface area contributed by atoms with Gasteiger partial charge in [-0.05, 0) is 25.8 Å². The minimum atomic E-state index is -4.17. The van der Waals surface area contributed by atoms with Crippen molar-refractivity contribution in [3.63, 3.8) is 0 Å². The topological polar surface area (TPSA) is 21.3 Å². The summed E-state index contributed by atoms with van der Waals surface area (Å²) in [6.45, 7) is 2.64. The molecule has 1 saturated heterocycles. The Balaban J connectivity index is 2.67. The molecule has 2 nitrogen and oxygen atoms in total. The van der Waals surface area contributed by atoms with Crippen LogP contribution in [0.1, 0.15) is 26.2 Å². The zero-order valence-electron chi connectivity index (χ0n) is 8.28. The number of ether oxygens (including phenoxy) is 1. The molecule has 84 valence electrons. The Labute approximate surface area is 81.8 Å². The van der Waals surface area contributed by atoms with Crippen molar-refractivity contribution in [2.24, 2.45) is 0 Å². The third-order valence-corrected chi connectivity index (χ3v) is 2.60. The van der Waals surface area contributed by atoms with E-state index in [-0.39, 0.29) is 26.1 Å². The van der Waals surface area contributed by atoms with Crippen molar-refractivity contribution in [1.29, 1.82) is 0 Å². The molecule has 1 fully saturated rings. The largest absolute Gasteiger partial charge is 0.406 e. The van der Waals surface area contributed by atoms with Crippen molar-refractivity contribution in [2.45, 2.75) is 37.9 Å². The van der Waals surface area contributed by atoms with Crippen molar-refractivity contribution >= 4 is 0 Å². The highest BCUT2D eigenvalue weighted by Crippen LogP contribution is 2.37. The smallest absolute Gasteiger partial charge is 0.381 e. The van der Waals surface area contributed by atoms with Gasteiger partial charge in [0.1, 0.15) is 5.54 Å². The molecule has 0 spiro atoms. The van der Waals surface area contributed by atoms with Crippen molar-refractivity contribution in [2.75, 3.05) is 19.8 Å². The summed E-state index contributed by atoms with van der Waals surface area (Å²) in [6.07, 6.45) is -3.42. The predicted molar refractivity (Wildman–Crippen MR) is 47.1 cm³/mol. The van der Waals surface area contributed by atoms with Gasteiger partial charge in [-0.25, -0.2) is 0 Å². The summed E-state index contributed by atoms with van der Waals surface area (Å²) in [5.41, 5.74) is -1.71. The van der Waals surface area contributed by atoms with Crippen LogP contribution < -0.4 is 5.32 Å². The lowest BCUT2D eigenvalue weighted by atomic mass is 9.89. The molecule has 0 aromatic rings. The van der Waals surface area contributed by atoms with Crippen molar-refractivity contribution in [3.8, 4) is 0 Å². The lowest BCUT2D eigenvalue weighted by Crippen LogP contribution is -2.59. The fourth-order valence-electron chi connectivity index (χ4n) is 1.64. The van der Waals surface area contributed by atoms with E-state index in [9.17, 15) is 13.2 Å². The predicted octanol–water partition coefficient (Wildman–Crippen LogP) is 2.10. The second-order valence-corrected chi connectivity index (χ2v) is 3.62. The summed E-state index contributed by atoms with van der Waals surface area (Å²) >= 11 is 0. The summed E-state index contributed by atoms with van der Waals surface area (Å²) < 4.78 is 43.4. The Hall–Kier alpha value is -0.290. The zero-order valence-corrected chi connectivity index (χ0v) is 8.28. The molecular weight excluding hydrogens is 195 g/mol. The van der Waals surface area contributed by atoms with Gasteiger partial charge in [0.05, 0.1) is 0 Å². The Morgan fingerprint density at radius 2 is 1.86 bits per heavy atom. The van der Waals surface area contributed by atoms with Crippen LogP contribution in [0.2, 0.25) is 0 Å². The minimum absolute atomic E-state index is 0.0243. The first-order chi connectivity index (χ1) is 6.52. The summed E-state index contributed by atoms with van der Waals surface area (Å²) in [7, 11) is 0. The number of rotatable bonds is 3. The molecule has 0 amide bonds. The van der Waals surface area contributed by atoms with E-state index in [1.165, 1.54) is 0 Å². The number of alkyl halides is 3. The van der Waals surface area contributed by atoms with Gasteiger partial charge in [-0.15, -0.1) is 0 Å². The molecule has 14 heavy (non-hydrogen) atoms. The van der Waals surface area contributed by atoms with Gasteiger partial charge < -0.3 is 10.1 Å². The molecule has 0 atom stereocenters. The normalized spacial score (nSPS) is 22.3. The van der Waals surface area contributed by atoms with Gasteiger partial charge in [-0.2, -0.15) is 13.2 Å². The zero-order chi connectivity index (χ0) is 10.7. The standard InChI is InChI=1S/C9H16F3NO/c1-2-5-13-8(9(10,11)12)3-6-14-7-4-8/h13H,2-7H2,1H3. The SMILES string of the molecule is CCCNC1(C(F)(F)F)CCOCC1. The third kappa shape index (κ3) is 2.39. The van der Waals surface area contributed by atoms with Crippen molar-refractivity contribution in [1.82, 2.24) is 5.32 Å². The van der Waals surface area contributed by atoms with Crippen LogP contribution in [0.3, 0.4) is 0 Å².